The van der Waals surface area contributed by atoms with Gasteiger partial charge in [-0.1, -0.05) is 0 Å². The maximum Gasteiger partial charge on any atom is 0.193 e. The van der Waals surface area contributed by atoms with Crippen LogP contribution in [-0.4, -0.2) is 42.1 Å². The van der Waals surface area contributed by atoms with Gasteiger partial charge in [-0.2, -0.15) is 0 Å². The van der Waals surface area contributed by atoms with Crippen LogP contribution in [0.4, 0.5) is 11.4 Å². The summed E-state index contributed by atoms with van der Waals surface area (Å²) in [4.78, 5) is 17.4. The molecule has 2 aromatic rings. The van der Waals surface area contributed by atoms with Crippen LogP contribution in [0.1, 0.15) is 15.9 Å². The highest BCUT2D eigenvalue weighted by molar-refractivity contribution is 7.99. The molecule has 3 nitrogen and oxygen atoms in total. The number of hydrogen-bond acceptors (Lipinski definition) is 5. The lowest BCUT2D eigenvalue weighted by Gasteiger charge is -2.17. The van der Waals surface area contributed by atoms with Gasteiger partial charge in [0.15, 0.2) is 5.78 Å². The number of nitrogens with zero attached hydrogens (tertiary/aromatic N) is 2. The predicted molar refractivity (Wildman–Crippen MR) is 106 cm³/mol. The lowest BCUT2D eigenvalue weighted by atomic mass is 10.0. The molecular formula is C19H20N2OS2. The third kappa shape index (κ3) is 3.28. The van der Waals surface area contributed by atoms with E-state index in [9.17, 15) is 4.79 Å². The van der Waals surface area contributed by atoms with Crippen molar-refractivity contribution >= 4 is 40.7 Å². The number of carbonyl (C=O) groups is 1. The largest absolute Gasteiger partial charge is 0.361 e. The zero-order chi connectivity index (χ0) is 16.4. The standard InChI is InChI=1S/C19H20N2OS2/c22-19(15-1-5-17(6-2-15)20-9-11-23-13-20)16-3-7-18(8-4-16)21-10-12-24-14-21/h1-8H,9-14H2. The van der Waals surface area contributed by atoms with Crippen molar-refractivity contribution in [1.82, 2.24) is 0 Å². The minimum atomic E-state index is 0.0969. The van der Waals surface area contributed by atoms with Crippen molar-refractivity contribution in [2.75, 3.05) is 46.1 Å². The second-order valence-electron chi connectivity index (χ2n) is 6.02. The topological polar surface area (TPSA) is 23.6 Å². The van der Waals surface area contributed by atoms with Crippen molar-refractivity contribution in [3.8, 4) is 0 Å². The molecule has 0 aromatic heterocycles. The number of rotatable bonds is 4. The Bertz CT molecular complexity index is 642. The first-order valence-corrected chi connectivity index (χ1v) is 10.5. The van der Waals surface area contributed by atoms with E-state index in [0.29, 0.717) is 0 Å². The molecule has 0 spiro atoms. The maximum absolute atomic E-state index is 12.7. The number of carbonyl (C=O) groups excluding carboxylic acids is 1. The average Bonchev–Trinajstić information content (AvgIpc) is 3.35. The summed E-state index contributed by atoms with van der Waals surface area (Å²) < 4.78 is 0. The van der Waals surface area contributed by atoms with Gasteiger partial charge in [0.25, 0.3) is 0 Å². The summed E-state index contributed by atoms with van der Waals surface area (Å²) in [5, 5.41) is 0. The van der Waals surface area contributed by atoms with E-state index in [4.69, 9.17) is 0 Å². The Balaban J connectivity index is 1.48. The third-order valence-electron chi connectivity index (χ3n) is 4.49. The molecule has 0 radical (unpaired) electrons. The van der Waals surface area contributed by atoms with Crippen LogP contribution >= 0.6 is 23.5 Å². The van der Waals surface area contributed by atoms with E-state index < -0.39 is 0 Å². The monoisotopic (exact) mass is 356 g/mol. The fraction of sp³-hybridized carbons (Fsp3) is 0.316. The Morgan fingerprint density at radius 2 is 1.12 bits per heavy atom. The molecule has 0 N–H and O–H groups in total. The average molecular weight is 357 g/mol. The highest BCUT2D eigenvalue weighted by Gasteiger charge is 2.16. The zero-order valence-electron chi connectivity index (χ0n) is 13.5. The molecule has 2 saturated heterocycles. The van der Waals surface area contributed by atoms with Crippen LogP contribution in [0, 0.1) is 0 Å². The van der Waals surface area contributed by atoms with E-state index in [1.54, 1.807) is 0 Å². The SMILES string of the molecule is O=C(c1ccc(N2CCSC2)cc1)c1ccc(N2CCSC2)cc1. The first-order valence-electron chi connectivity index (χ1n) is 8.21. The summed E-state index contributed by atoms with van der Waals surface area (Å²) in [6.45, 7) is 2.18. The third-order valence-corrected chi connectivity index (χ3v) is 6.43. The van der Waals surface area contributed by atoms with E-state index in [2.05, 4.69) is 34.1 Å². The van der Waals surface area contributed by atoms with Crippen LogP contribution in [0.15, 0.2) is 48.5 Å². The van der Waals surface area contributed by atoms with Crippen molar-refractivity contribution in [1.29, 1.82) is 0 Å². The van der Waals surface area contributed by atoms with Crippen molar-refractivity contribution in [3.63, 3.8) is 0 Å². The maximum atomic E-state index is 12.7. The molecule has 2 aliphatic rings. The quantitative estimate of drug-likeness (QED) is 0.772. The van der Waals surface area contributed by atoms with E-state index >= 15 is 0 Å². The van der Waals surface area contributed by atoms with E-state index in [1.165, 1.54) is 22.9 Å². The molecule has 0 unspecified atom stereocenters. The lowest BCUT2D eigenvalue weighted by Crippen LogP contribution is -2.18. The van der Waals surface area contributed by atoms with Gasteiger partial charge in [-0.15, -0.1) is 23.5 Å². The summed E-state index contributed by atoms with van der Waals surface area (Å²) in [5.41, 5.74) is 3.93. The number of anilines is 2. The Morgan fingerprint density at radius 3 is 1.46 bits per heavy atom. The summed E-state index contributed by atoms with van der Waals surface area (Å²) in [6, 6.07) is 16.1. The molecular weight excluding hydrogens is 336 g/mol. The van der Waals surface area contributed by atoms with Crippen LogP contribution in [-0.2, 0) is 0 Å². The second-order valence-corrected chi connectivity index (χ2v) is 8.17. The van der Waals surface area contributed by atoms with Gasteiger partial charge in [-0.25, -0.2) is 0 Å². The molecule has 0 aliphatic carbocycles. The number of hydrogen-bond donors (Lipinski definition) is 0. The molecule has 0 bridgehead atoms. The molecule has 0 saturated carbocycles. The van der Waals surface area contributed by atoms with Gasteiger partial charge < -0.3 is 9.80 Å². The molecule has 4 rings (SSSR count). The second kappa shape index (κ2) is 7.11. The number of ketones is 1. The molecule has 2 fully saturated rings. The molecule has 0 amide bonds. The fourth-order valence-corrected chi connectivity index (χ4v) is 5.00. The van der Waals surface area contributed by atoms with Crippen LogP contribution < -0.4 is 9.80 Å². The van der Waals surface area contributed by atoms with Crippen molar-refractivity contribution in [2.45, 2.75) is 0 Å². The van der Waals surface area contributed by atoms with Crippen molar-refractivity contribution in [2.24, 2.45) is 0 Å². The smallest absolute Gasteiger partial charge is 0.193 e. The van der Waals surface area contributed by atoms with Gasteiger partial charge in [-0.3, -0.25) is 4.79 Å². The zero-order valence-corrected chi connectivity index (χ0v) is 15.1. The summed E-state index contributed by atoms with van der Waals surface area (Å²) in [7, 11) is 0. The fourth-order valence-electron chi connectivity index (χ4n) is 3.05. The molecule has 124 valence electrons. The van der Waals surface area contributed by atoms with Crippen molar-refractivity contribution in [3.05, 3.63) is 59.7 Å². The Hall–Kier alpha value is -1.59. The molecule has 24 heavy (non-hydrogen) atoms. The molecule has 0 atom stereocenters. The highest BCUT2D eigenvalue weighted by atomic mass is 32.2. The predicted octanol–water partition coefficient (Wildman–Crippen LogP) is 3.94. The van der Waals surface area contributed by atoms with Gasteiger partial charge in [0.2, 0.25) is 0 Å². The van der Waals surface area contributed by atoms with Gasteiger partial charge in [0.05, 0.1) is 11.8 Å². The number of thioether (sulfide) groups is 2. The summed E-state index contributed by atoms with van der Waals surface area (Å²) in [5.74, 6) is 4.55. The Kier molecular flexibility index (Phi) is 4.72. The van der Waals surface area contributed by atoms with E-state index in [0.717, 1.165) is 36.0 Å². The molecule has 2 heterocycles. The van der Waals surface area contributed by atoms with Crippen LogP contribution in [0.2, 0.25) is 0 Å². The minimum Gasteiger partial charge on any atom is -0.361 e. The van der Waals surface area contributed by atoms with Crippen LogP contribution in [0.5, 0.6) is 0 Å². The summed E-state index contributed by atoms with van der Waals surface area (Å²) in [6.07, 6.45) is 0. The van der Waals surface area contributed by atoms with Gasteiger partial charge in [-0.05, 0) is 48.5 Å². The highest BCUT2D eigenvalue weighted by Crippen LogP contribution is 2.25. The van der Waals surface area contributed by atoms with Gasteiger partial charge in [0, 0.05) is 47.1 Å². The van der Waals surface area contributed by atoms with Crippen molar-refractivity contribution < 1.29 is 4.79 Å². The lowest BCUT2D eigenvalue weighted by molar-refractivity contribution is 0.103. The van der Waals surface area contributed by atoms with Crippen LogP contribution in [0.25, 0.3) is 0 Å². The molecule has 2 aromatic carbocycles. The minimum absolute atomic E-state index is 0.0969. The van der Waals surface area contributed by atoms with Crippen LogP contribution in [0.3, 0.4) is 0 Å². The van der Waals surface area contributed by atoms with Gasteiger partial charge in [0.1, 0.15) is 0 Å². The first kappa shape index (κ1) is 15.9. The first-order chi connectivity index (χ1) is 11.8. The molecule has 2 aliphatic heterocycles. The normalized spacial score (nSPS) is 17.5. The Labute approximate surface area is 151 Å². The van der Waals surface area contributed by atoms with E-state index in [-0.39, 0.29) is 5.78 Å². The summed E-state index contributed by atoms with van der Waals surface area (Å²) >= 11 is 3.90. The van der Waals surface area contributed by atoms with Gasteiger partial charge >= 0.3 is 0 Å². The Morgan fingerprint density at radius 1 is 0.708 bits per heavy atom. The van der Waals surface area contributed by atoms with E-state index in [1.807, 2.05) is 47.8 Å². The molecule has 5 heteroatoms. The number of benzene rings is 2.